The van der Waals surface area contributed by atoms with E-state index >= 15 is 0 Å². The van der Waals surface area contributed by atoms with Gasteiger partial charge in [-0.3, -0.25) is 19.2 Å². The second-order valence-corrected chi connectivity index (χ2v) is 7.13. The molecule has 0 heterocycles. The van der Waals surface area contributed by atoms with Gasteiger partial charge in [-0.15, -0.1) is 0 Å². The minimum atomic E-state index is -1.65. The number of hydrogen-bond donors (Lipinski definition) is 7. The van der Waals surface area contributed by atoms with Gasteiger partial charge in [0.05, 0.1) is 18.7 Å². The van der Waals surface area contributed by atoms with Gasteiger partial charge < -0.3 is 37.0 Å². The van der Waals surface area contributed by atoms with Crippen molar-refractivity contribution in [2.45, 2.75) is 50.4 Å². The number of aliphatic carboxylic acids is 2. The number of amides is 3. The first kappa shape index (κ1) is 26.5. The van der Waals surface area contributed by atoms with Gasteiger partial charge in [0.1, 0.15) is 6.04 Å². The van der Waals surface area contributed by atoms with Gasteiger partial charge in [-0.1, -0.05) is 30.3 Å². The molecular formula is C20H28N4O8. The fourth-order valence-corrected chi connectivity index (χ4v) is 2.68. The Morgan fingerprint density at radius 3 is 2.16 bits per heavy atom. The number of carbonyl (C=O) groups excluding carboxylic acids is 3. The Morgan fingerprint density at radius 1 is 1.00 bits per heavy atom. The van der Waals surface area contributed by atoms with Gasteiger partial charge in [0, 0.05) is 6.42 Å². The molecule has 176 valence electrons. The second kappa shape index (κ2) is 13.0. The second-order valence-electron chi connectivity index (χ2n) is 7.13. The summed E-state index contributed by atoms with van der Waals surface area (Å²) in [4.78, 5) is 58.6. The van der Waals surface area contributed by atoms with E-state index in [1.165, 1.54) is 0 Å². The van der Waals surface area contributed by atoms with Crippen molar-refractivity contribution in [1.82, 2.24) is 16.0 Å². The van der Waals surface area contributed by atoms with E-state index in [1.54, 1.807) is 24.3 Å². The molecule has 1 aromatic rings. The van der Waals surface area contributed by atoms with E-state index in [0.29, 0.717) is 0 Å². The van der Waals surface area contributed by atoms with Crippen LogP contribution in [0.4, 0.5) is 0 Å². The predicted octanol–water partition coefficient (Wildman–Crippen LogP) is -2.03. The smallest absolute Gasteiger partial charge is 0.328 e. The minimum absolute atomic E-state index is 0.244. The summed E-state index contributed by atoms with van der Waals surface area (Å²) in [5.41, 5.74) is 6.65. The van der Waals surface area contributed by atoms with Crippen LogP contribution in [0.15, 0.2) is 30.3 Å². The Morgan fingerprint density at radius 2 is 1.62 bits per heavy atom. The van der Waals surface area contributed by atoms with E-state index in [0.717, 1.165) is 12.5 Å². The summed E-state index contributed by atoms with van der Waals surface area (Å²) in [6, 6.07) is 5.03. The lowest BCUT2D eigenvalue weighted by atomic mass is 10.1. The molecule has 0 radical (unpaired) electrons. The number of nitrogens with two attached hydrogens (primary N) is 1. The molecule has 12 nitrogen and oxygen atoms in total. The molecule has 0 saturated heterocycles. The van der Waals surface area contributed by atoms with Crippen molar-refractivity contribution in [3.8, 4) is 0 Å². The van der Waals surface area contributed by atoms with Gasteiger partial charge in [0.15, 0.2) is 6.04 Å². The molecule has 1 rings (SSSR count). The quantitative estimate of drug-likeness (QED) is 0.176. The Hall–Kier alpha value is -3.51. The number of nitrogens with one attached hydrogen (secondary N) is 3. The summed E-state index contributed by atoms with van der Waals surface area (Å²) in [5, 5.41) is 34.0. The van der Waals surface area contributed by atoms with Crippen LogP contribution in [0.2, 0.25) is 0 Å². The molecule has 32 heavy (non-hydrogen) atoms. The number of rotatable bonds is 13. The highest BCUT2D eigenvalue weighted by atomic mass is 16.4. The summed E-state index contributed by atoms with van der Waals surface area (Å²) in [6.45, 7) is 0.620. The summed E-state index contributed by atoms with van der Waals surface area (Å²) in [7, 11) is 0. The first-order chi connectivity index (χ1) is 15.0. The fourth-order valence-electron chi connectivity index (χ4n) is 2.68. The summed E-state index contributed by atoms with van der Waals surface area (Å²) in [5.74, 6) is -5.13. The molecule has 12 heteroatoms. The Kier molecular flexibility index (Phi) is 10.8. The van der Waals surface area contributed by atoms with Gasteiger partial charge in [-0.2, -0.15) is 0 Å². The summed E-state index contributed by atoms with van der Waals surface area (Å²) in [6.07, 6.45) is -2.01. The third-order valence-electron chi connectivity index (χ3n) is 4.40. The number of carbonyl (C=O) groups is 5. The zero-order valence-electron chi connectivity index (χ0n) is 17.5. The first-order valence-electron chi connectivity index (χ1n) is 9.80. The van der Waals surface area contributed by atoms with Crippen LogP contribution in [0.1, 0.15) is 25.3 Å². The maximum Gasteiger partial charge on any atom is 0.328 e. The molecule has 3 amide bonds. The third-order valence-corrected chi connectivity index (χ3v) is 4.40. The van der Waals surface area contributed by atoms with Gasteiger partial charge in [0.2, 0.25) is 17.7 Å². The molecule has 0 fully saturated rings. The van der Waals surface area contributed by atoms with Crippen LogP contribution in [-0.4, -0.2) is 75.8 Å². The monoisotopic (exact) mass is 452 g/mol. The van der Waals surface area contributed by atoms with Crippen LogP contribution in [0.25, 0.3) is 0 Å². The number of carboxylic acid groups (broad SMARTS) is 2. The van der Waals surface area contributed by atoms with Crippen LogP contribution < -0.4 is 21.7 Å². The van der Waals surface area contributed by atoms with Gasteiger partial charge in [0.25, 0.3) is 0 Å². The van der Waals surface area contributed by atoms with Crippen molar-refractivity contribution in [3.63, 3.8) is 0 Å². The standard InChI is InChI=1S/C20H28N4O8/c1-11(25)17(20(31)32)24-19(30)14(7-8-16(27)28)23-15(26)10-22-18(29)13(21)9-12-5-3-2-4-6-12/h2-6,11,13-14,17,25H,7-10,21H2,1H3,(H,22,29)(H,23,26)(H,24,30)(H,27,28)(H,31,32). The summed E-state index contributed by atoms with van der Waals surface area (Å²) < 4.78 is 0. The van der Waals surface area contributed by atoms with Gasteiger partial charge in [-0.05, 0) is 25.3 Å². The SMILES string of the molecule is CC(O)C(NC(=O)C(CCC(=O)O)NC(=O)CNC(=O)C(N)Cc1ccccc1)C(=O)O. The van der Waals surface area contributed by atoms with Gasteiger partial charge >= 0.3 is 11.9 Å². The zero-order chi connectivity index (χ0) is 24.3. The van der Waals surface area contributed by atoms with Crippen LogP contribution in [0.3, 0.4) is 0 Å². The van der Waals surface area contributed by atoms with Crippen molar-refractivity contribution in [3.05, 3.63) is 35.9 Å². The Bertz CT molecular complexity index is 815. The molecule has 0 spiro atoms. The van der Waals surface area contributed by atoms with Crippen LogP contribution in [-0.2, 0) is 30.4 Å². The van der Waals surface area contributed by atoms with Crippen molar-refractivity contribution in [2.75, 3.05) is 6.54 Å². The Labute approximate surface area is 184 Å². The van der Waals surface area contributed by atoms with E-state index in [1.807, 2.05) is 6.07 Å². The molecule has 0 saturated carbocycles. The van der Waals surface area contributed by atoms with Crippen LogP contribution in [0, 0.1) is 0 Å². The number of benzene rings is 1. The molecule has 0 bridgehead atoms. The lowest BCUT2D eigenvalue weighted by Gasteiger charge is -2.22. The lowest BCUT2D eigenvalue weighted by molar-refractivity contribution is -0.145. The molecular weight excluding hydrogens is 424 g/mol. The molecule has 0 aromatic heterocycles. The van der Waals surface area contributed by atoms with Gasteiger partial charge in [-0.25, -0.2) is 4.79 Å². The molecule has 0 aliphatic rings. The van der Waals surface area contributed by atoms with E-state index in [-0.39, 0.29) is 12.8 Å². The van der Waals surface area contributed by atoms with Crippen LogP contribution >= 0.6 is 0 Å². The number of carboxylic acids is 2. The van der Waals surface area contributed by atoms with E-state index < -0.39 is 66.9 Å². The number of hydrogen-bond acceptors (Lipinski definition) is 7. The molecule has 0 aliphatic carbocycles. The molecule has 4 atom stereocenters. The predicted molar refractivity (Wildman–Crippen MR) is 111 cm³/mol. The lowest BCUT2D eigenvalue weighted by Crippen LogP contribution is -2.56. The number of aliphatic hydroxyl groups excluding tert-OH is 1. The van der Waals surface area contributed by atoms with E-state index in [9.17, 15) is 29.1 Å². The zero-order valence-corrected chi connectivity index (χ0v) is 17.5. The summed E-state index contributed by atoms with van der Waals surface area (Å²) >= 11 is 0. The van der Waals surface area contributed by atoms with Crippen molar-refractivity contribution in [2.24, 2.45) is 5.73 Å². The largest absolute Gasteiger partial charge is 0.481 e. The molecule has 4 unspecified atom stereocenters. The first-order valence-corrected chi connectivity index (χ1v) is 9.80. The normalized spacial score (nSPS) is 14.3. The highest BCUT2D eigenvalue weighted by Gasteiger charge is 2.29. The molecule has 1 aromatic carbocycles. The maximum atomic E-state index is 12.4. The Balaban J connectivity index is 2.66. The van der Waals surface area contributed by atoms with Crippen molar-refractivity contribution >= 4 is 29.7 Å². The van der Waals surface area contributed by atoms with Crippen molar-refractivity contribution < 1.29 is 39.3 Å². The molecule has 0 aliphatic heterocycles. The maximum absolute atomic E-state index is 12.4. The minimum Gasteiger partial charge on any atom is -0.481 e. The fraction of sp³-hybridized carbons (Fsp3) is 0.450. The van der Waals surface area contributed by atoms with Crippen LogP contribution in [0.5, 0.6) is 0 Å². The van der Waals surface area contributed by atoms with Crippen molar-refractivity contribution in [1.29, 1.82) is 0 Å². The van der Waals surface area contributed by atoms with E-state index in [2.05, 4.69) is 16.0 Å². The number of aliphatic hydroxyl groups is 1. The highest BCUT2D eigenvalue weighted by Crippen LogP contribution is 2.03. The average Bonchev–Trinajstić information content (AvgIpc) is 2.72. The average molecular weight is 452 g/mol. The topological polar surface area (TPSA) is 208 Å². The molecule has 8 N–H and O–H groups in total. The van der Waals surface area contributed by atoms with E-state index in [4.69, 9.17) is 15.9 Å². The highest BCUT2D eigenvalue weighted by molar-refractivity contribution is 5.92. The third kappa shape index (κ3) is 9.53.